The fourth-order valence-corrected chi connectivity index (χ4v) is 1.68. The Bertz CT molecular complexity index is 119. The highest BCUT2D eigenvalue weighted by Crippen LogP contribution is 2.19. The van der Waals surface area contributed by atoms with Crippen molar-refractivity contribution in [3.63, 3.8) is 0 Å². The maximum absolute atomic E-state index is 5.38. The van der Waals surface area contributed by atoms with Crippen LogP contribution in [0.3, 0.4) is 0 Å². The van der Waals surface area contributed by atoms with Crippen LogP contribution in [-0.4, -0.2) is 6.10 Å². The second kappa shape index (κ2) is 7.72. The minimum atomic E-state index is 0.121. The van der Waals surface area contributed by atoms with E-state index < -0.39 is 0 Å². The average molecular weight is 189 g/mol. The van der Waals surface area contributed by atoms with Crippen molar-refractivity contribution in [3.05, 3.63) is 12.7 Å². The molecular weight excluding hydrogens is 169 g/mol. The third-order valence-electron chi connectivity index (χ3n) is 1.92. The lowest BCUT2D eigenvalue weighted by atomic mass is 9.99. The first-order valence-electron chi connectivity index (χ1n) is 4.46. The summed E-state index contributed by atoms with van der Waals surface area (Å²) in [5.74, 6) is 0.656. The van der Waals surface area contributed by atoms with Crippen LogP contribution < -0.4 is 5.50 Å². The molecule has 2 nitrogen and oxygen atoms in total. The Morgan fingerprint density at radius 2 is 2.33 bits per heavy atom. The number of nitrogens with two attached hydrogens (primary N) is 1. The summed E-state index contributed by atoms with van der Waals surface area (Å²) in [5, 5.41) is 0. The smallest absolute Gasteiger partial charge is 0.0837 e. The van der Waals surface area contributed by atoms with Crippen molar-refractivity contribution in [2.45, 2.75) is 39.2 Å². The molecule has 0 saturated carbocycles. The standard InChI is InChI=1S/C9H20NOP/c1-4-6-8(3)7-9(5-2)11-12-10/h4,8-9,12H,1,5-7,10H2,2-3H3/t8-,9?/m1/s1. The maximum Gasteiger partial charge on any atom is 0.0837 e. The minimum Gasteiger partial charge on any atom is -0.344 e. The van der Waals surface area contributed by atoms with Crippen molar-refractivity contribution in [2.24, 2.45) is 11.4 Å². The molecule has 12 heavy (non-hydrogen) atoms. The Kier molecular flexibility index (Phi) is 7.78. The summed E-state index contributed by atoms with van der Waals surface area (Å²) in [6, 6.07) is 0. The van der Waals surface area contributed by atoms with Gasteiger partial charge in [-0.25, -0.2) is 0 Å². The van der Waals surface area contributed by atoms with Crippen LogP contribution in [0.4, 0.5) is 0 Å². The number of hydrogen-bond acceptors (Lipinski definition) is 2. The van der Waals surface area contributed by atoms with Crippen LogP contribution in [0.5, 0.6) is 0 Å². The molecule has 0 radical (unpaired) electrons. The maximum atomic E-state index is 5.38. The quantitative estimate of drug-likeness (QED) is 0.493. The van der Waals surface area contributed by atoms with Crippen LogP contribution in [0.25, 0.3) is 0 Å². The molecule has 0 aromatic rings. The first-order valence-corrected chi connectivity index (χ1v) is 5.45. The Morgan fingerprint density at radius 1 is 1.67 bits per heavy atom. The molecule has 0 saturated heterocycles. The Balaban J connectivity index is 3.60. The van der Waals surface area contributed by atoms with E-state index in [-0.39, 0.29) is 8.96 Å². The molecule has 3 atom stereocenters. The van der Waals surface area contributed by atoms with Crippen molar-refractivity contribution in [1.82, 2.24) is 0 Å². The molecule has 2 N–H and O–H groups in total. The van der Waals surface area contributed by atoms with Gasteiger partial charge in [-0.05, 0) is 25.2 Å². The first-order chi connectivity index (χ1) is 5.74. The van der Waals surface area contributed by atoms with E-state index in [0.29, 0.717) is 12.0 Å². The fourth-order valence-electron chi connectivity index (χ4n) is 1.22. The van der Waals surface area contributed by atoms with Crippen LogP contribution in [0.2, 0.25) is 0 Å². The van der Waals surface area contributed by atoms with Crippen LogP contribution in [0.1, 0.15) is 33.1 Å². The van der Waals surface area contributed by atoms with Crippen molar-refractivity contribution in [1.29, 1.82) is 0 Å². The Labute approximate surface area is 77.5 Å². The zero-order chi connectivity index (χ0) is 9.40. The zero-order valence-electron chi connectivity index (χ0n) is 8.05. The molecule has 3 heteroatoms. The van der Waals surface area contributed by atoms with Gasteiger partial charge in [0.1, 0.15) is 0 Å². The molecular formula is C9H20NOP. The van der Waals surface area contributed by atoms with Crippen LogP contribution in [0, 0.1) is 5.92 Å². The molecule has 0 rings (SSSR count). The highest BCUT2D eigenvalue weighted by atomic mass is 31.1. The van der Waals surface area contributed by atoms with Crippen LogP contribution in [0.15, 0.2) is 12.7 Å². The molecule has 2 unspecified atom stereocenters. The van der Waals surface area contributed by atoms with E-state index in [0.717, 1.165) is 19.3 Å². The molecule has 0 spiro atoms. The Hall–Kier alpha value is 0.0900. The summed E-state index contributed by atoms with van der Waals surface area (Å²) >= 11 is 0. The van der Waals surface area contributed by atoms with E-state index in [9.17, 15) is 0 Å². The van der Waals surface area contributed by atoms with Gasteiger partial charge in [-0.1, -0.05) is 19.9 Å². The summed E-state index contributed by atoms with van der Waals surface area (Å²) in [5.41, 5.74) is 5.34. The molecule has 0 aromatic heterocycles. The lowest BCUT2D eigenvalue weighted by Crippen LogP contribution is -2.12. The van der Waals surface area contributed by atoms with Gasteiger partial charge in [0.15, 0.2) is 0 Å². The van der Waals surface area contributed by atoms with Crippen molar-refractivity contribution >= 4 is 8.96 Å². The predicted molar refractivity (Wildman–Crippen MR) is 56.3 cm³/mol. The lowest BCUT2D eigenvalue weighted by Gasteiger charge is -2.17. The summed E-state index contributed by atoms with van der Waals surface area (Å²) < 4.78 is 5.38. The van der Waals surface area contributed by atoms with Crippen LogP contribution in [-0.2, 0) is 4.52 Å². The molecule has 0 aliphatic heterocycles. The average Bonchev–Trinajstić information content (AvgIpc) is 2.04. The molecule has 0 fully saturated rings. The number of hydrogen-bond donors (Lipinski definition) is 1. The minimum absolute atomic E-state index is 0.121. The van der Waals surface area contributed by atoms with Gasteiger partial charge in [0.25, 0.3) is 0 Å². The summed E-state index contributed by atoms with van der Waals surface area (Å²) in [6.07, 6.45) is 5.50. The van der Waals surface area contributed by atoms with Crippen molar-refractivity contribution < 1.29 is 4.52 Å². The summed E-state index contributed by atoms with van der Waals surface area (Å²) in [4.78, 5) is 0. The van der Waals surface area contributed by atoms with E-state index in [1.807, 2.05) is 6.08 Å². The van der Waals surface area contributed by atoms with E-state index in [1.165, 1.54) is 0 Å². The van der Waals surface area contributed by atoms with Gasteiger partial charge in [0.05, 0.1) is 15.1 Å². The molecule has 0 heterocycles. The van der Waals surface area contributed by atoms with Gasteiger partial charge in [-0.2, -0.15) is 0 Å². The van der Waals surface area contributed by atoms with Gasteiger partial charge < -0.3 is 4.52 Å². The zero-order valence-corrected chi connectivity index (χ0v) is 9.05. The van der Waals surface area contributed by atoms with E-state index in [1.54, 1.807) is 0 Å². The normalized spacial score (nSPS) is 16.6. The van der Waals surface area contributed by atoms with Crippen molar-refractivity contribution in [3.8, 4) is 0 Å². The second-order valence-electron chi connectivity index (χ2n) is 3.13. The lowest BCUT2D eigenvalue weighted by molar-refractivity contribution is 0.192. The third-order valence-corrected chi connectivity index (χ3v) is 2.39. The number of rotatable bonds is 7. The highest BCUT2D eigenvalue weighted by molar-refractivity contribution is 7.29. The van der Waals surface area contributed by atoms with E-state index in [2.05, 4.69) is 20.4 Å². The van der Waals surface area contributed by atoms with Gasteiger partial charge in [0.2, 0.25) is 0 Å². The predicted octanol–water partition coefficient (Wildman–Crippen LogP) is 2.85. The number of allylic oxidation sites excluding steroid dienone is 1. The first kappa shape index (κ1) is 12.1. The van der Waals surface area contributed by atoms with Crippen molar-refractivity contribution in [2.75, 3.05) is 0 Å². The van der Waals surface area contributed by atoms with Gasteiger partial charge in [-0.3, -0.25) is 5.50 Å². The molecule has 72 valence electrons. The highest BCUT2D eigenvalue weighted by Gasteiger charge is 2.10. The molecule has 0 amide bonds. The van der Waals surface area contributed by atoms with Gasteiger partial charge in [0, 0.05) is 0 Å². The third kappa shape index (κ3) is 5.70. The molecule has 0 aliphatic rings. The fraction of sp³-hybridized carbons (Fsp3) is 0.778. The largest absolute Gasteiger partial charge is 0.344 e. The van der Waals surface area contributed by atoms with E-state index in [4.69, 9.17) is 10.0 Å². The molecule has 0 aromatic carbocycles. The second-order valence-corrected chi connectivity index (χ2v) is 3.60. The summed E-state index contributed by atoms with van der Waals surface area (Å²) in [7, 11) is 0.121. The summed E-state index contributed by atoms with van der Waals surface area (Å²) in [6.45, 7) is 8.06. The monoisotopic (exact) mass is 189 g/mol. The SMILES string of the molecule is C=CC[C@@H](C)CC(CC)OPN. The molecule has 0 aliphatic carbocycles. The molecule has 0 bridgehead atoms. The van der Waals surface area contributed by atoms with Gasteiger partial charge in [-0.15, -0.1) is 6.58 Å². The van der Waals surface area contributed by atoms with E-state index >= 15 is 0 Å². The topological polar surface area (TPSA) is 35.2 Å². The van der Waals surface area contributed by atoms with Crippen LogP contribution >= 0.6 is 8.96 Å². The Morgan fingerprint density at radius 3 is 2.75 bits per heavy atom. The van der Waals surface area contributed by atoms with Gasteiger partial charge >= 0.3 is 0 Å².